The molecule has 3 heterocycles. The van der Waals surface area contributed by atoms with Crippen molar-refractivity contribution in [1.82, 2.24) is 20.3 Å². The molecule has 5 rings (SSSR count). The number of nitrogens with one attached hydrogen (secondary N) is 2. The number of carbonyl (C=O) groups is 2. The van der Waals surface area contributed by atoms with E-state index in [1.165, 1.54) is 19.5 Å². The van der Waals surface area contributed by atoms with Gasteiger partial charge in [0, 0.05) is 55.7 Å². The summed E-state index contributed by atoms with van der Waals surface area (Å²) in [5.74, 6) is 6.17. The van der Waals surface area contributed by atoms with Crippen molar-refractivity contribution in [2.45, 2.75) is 0 Å². The van der Waals surface area contributed by atoms with Crippen molar-refractivity contribution in [1.29, 1.82) is 0 Å². The fourth-order valence-electron chi connectivity index (χ4n) is 4.78. The predicted molar refractivity (Wildman–Crippen MR) is 144 cm³/mol. The number of amidine groups is 1. The Morgan fingerprint density at radius 2 is 1.92 bits per heavy atom. The van der Waals surface area contributed by atoms with Gasteiger partial charge in [-0.1, -0.05) is 30.8 Å². The second-order valence-electron chi connectivity index (χ2n) is 8.54. The SMILES string of the molecule is C=CN=C(NN)c1ccc(OC)c2c(C(=O)C(=O)N3CCN(c4nccc5ccccc45)CC3)c[nH]c12. The number of hydrogen-bond acceptors (Lipinski definition) is 7. The van der Waals surface area contributed by atoms with Gasteiger partial charge in [-0.2, -0.15) is 0 Å². The molecule has 0 radical (unpaired) electrons. The Morgan fingerprint density at radius 1 is 1.14 bits per heavy atom. The lowest BCUT2D eigenvalue weighted by Crippen LogP contribution is -2.50. The number of hydrazine groups is 1. The van der Waals surface area contributed by atoms with Gasteiger partial charge in [0.25, 0.3) is 11.7 Å². The number of Topliss-reactive ketones (excluding diaryl/α,β-unsaturated/α-hetero) is 1. The van der Waals surface area contributed by atoms with E-state index in [0.29, 0.717) is 54.2 Å². The maximum Gasteiger partial charge on any atom is 0.295 e. The fourth-order valence-corrected chi connectivity index (χ4v) is 4.78. The molecule has 10 heteroatoms. The van der Waals surface area contributed by atoms with E-state index in [1.54, 1.807) is 23.2 Å². The van der Waals surface area contributed by atoms with E-state index in [4.69, 9.17) is 10.6 Å². The Labute approximate surface area is 213 Å². The molecule has 0 bridgehead atoms. The van der Waals surface area contributed by atoms with Gasteiger partial charge in [-0.05, 0) is 23.6 Å². The largest absolute Gasteiger partial charge is 0.496 e. The van der Waals surface area contributed by atoms with Crippen LogP contribution in [0.15, 0.2) is 72.6 Å². The second kappa shape index (κ2) is 10.1. The number of methoxy groups -OCH3 is 1. The van der Waals surface area contributed by atoms with Crippen LogP contribution in [0.1, 0.15) is 15.9 Å². The number of amides is 1. The number of fused-ring (bicyclic) bond motifs is 2. The minimum Gasteiger partial charge on any atom is -0.496 e. The smallest absolute Gasteiger partial charge is 0.295 e. The molecule has 0 atom stereocenters. The van der Waals surface area contributed by atoms with Crippen molar-refractivity contribution in [2.24, 2.45) is 10.8 Å². The minimum atomic E-state index is -0.610. The number of benzene rings is 2. The summed E-state index contributed by atoms with van der Waals surface area (Å²) in [6.07, 6.45) is 4.68. The van der Waals surface area contributed by atoms with E-state index in [0.717, 1.165) is 16.6 Å². The molecule has 4 N–H and O–H groups in total. The third kappa shape index (κ3) is 4.27. The van der Waals surface area contributed by atoms with Gasteiger partial charge < -0.3 is 24.9 Å². The Morgan fingerprint density at radius 3 is 2.65 bits per heavy atom. The first-order chi connectivity index (χ1) is 18.1. The van der Waals surface area contributed by atoms with Crippen molar-refractivity contribution >= 4 is 45.0 Å². The maximum absolute atomic E-state index is 13.4. The Kier molecular flexibility index (Phi) is 6.57. The van der Waals surface area contributed by atoms with Gasteiger partial charge in [-0.15, -0.1) is 0 Å². The Bertz CT molecular complexity index is 1530. The second-order valence-corrected chi connectivity index (χ2v) is 8.54. The lowest BCUT2D eigenvalue weighted by molar-refractivity contribution is -0.126. The van der Waals surface area contributed by atoms with Gasteiger partial charge in [-0.3, -0.25) is 9.59 Å². The summed E-state index contributed by atoms with van der Waals surface area (Å²) in [6, 6.07) is 13.5. The number of aromatic nitrogens is 2. The van der Waals surface area contributed by atoms with Crippen molar-refractivity contribution in [3.05, 3.63) is 78.8 Å². The van der Waals surface area contributed by atoms with Crippen LogP contribution < -0.4 is 20.9 Å². The van der Waals surface area contributed by atoms with Crippen LogP contribution in [0.3, 0.4) is 0 Å². The quantitative estimate of drug-likeness (QED) is 0.0933. The van der Waals surface area contributed by atoms with Gasteiger partial charge in [0.15, 0.2) is 0 Å². The van der Waals surface area contributed by atoms with Crippen molar-refractivity contribution < 1.29 is 14.3 Å². The summed E-state index contributed by atoms with van der Waals surface area (Å²) in [4.78, 5) is 42.3. The number of aromatic amines is 1. The molecule has 4 aromatic rings. The standard InChI is InChI=1S/C27H27N7O3/c1-3-29-25(32-28)19-8-9-21(37-2)22-20(16-31-23(19)22)24(35)27(36)34-14-12-33(13-15-34)26-18-7-5-4-6-17(18)10-11-30-26/h3-11,16,31H,1,12-15,28H2,2H3,(H,29,32). The number of piperazine rings is 1. The zero-order valence-electron chi connectivity index (χ0n) is 20.4. The molecule has 2 aromatic carbocycles. The Balaban J connectivity index is 1.39. The lowest BCUT2D eigenvalue weighted by atomic mass is 10.0. The molecule has 1 aliphatic heterocycles. The first kappa shape index (κ1) is 24.0. The zero-order valence-corrected chi connectivity index (χ0v) is 20.4. The zero-order chi connectivity index (χ0) is 25.9. The molecule has 1 saturated heterocycles. The van der Waals surface area contributed by atoms with E-state index in [-0.39, 0.29) is 5.56 Å². The number of rotatable bonds is 6. The molecular formula is C27H27N7O3. The number of H-pyrrole nitrogens is 1. The summed E-state index contributed by atoms with van der Waals surface area (Å²) < 4.78 is 5.51. The highest BCUT2D eigenvalue weighted by Crippen LogP contribution is 2.32. The van der Waals surface area contributed by atoms with Crippen LogP contribution in [-0.4, -0.2) is 65.7 Å². The van der Waals surface area contributed by atoms with E-state index >= 15 is 0 Å². The van der Waals surface area contributed by atoms with Crippen LogP contribution >= 0.6 is 0 Å². The number of nitrogens with two attached hydrogens (primary N) is 1. The summed E-state index contributed by atoms with van der Waals surface area (Å²) in [5.41, 5.74) is 3.95. The molecule has 188 valence electrons. The van der Waals surface area contributed by atoms with Crippen molar-refractivity contribution in [2.75, 3.05) is 38.2 Å². The average molecular weight is 498 g/mol. The van der Waals surface area contributed by atoms with E-state index in [2.05, 4.69) is 37.9 Å². The van der Waals surface area contributed by atoms with Gasteiger partial charge in [-0.25, -0.2) is 15.8 Å². The molecule has 0 aliphatic carbocycles. The normalized spacial score (nSPS) is 14.2. The van der Waals surface area contributed by atoms with Crippen LogP contribution in [0.4, 0.5) is 5.82 Å². The summed E-state index contributed by atoms with van der Waals surface area (Å²) in [7, 11) is 1.51. The molecule has 10 nitrogen and oxygen atoms in total. The summed E-state index contributed by atoms with van der Waals surface area (Å²) >= 11 is 0. The molecular weight excluding hydrogens is 470 g/mol. The summed E-state index contributed by atoms with van der Waals surface area (Å²) in [5, 5.41) is 2.66. The number of carbonyl (C=O) groups excluding carboxylic acids is 2. The highest BCUT2D eigenvalue weighted by molar-refractivity contribution is 6.45. The number of ketones is 1. The molecule has 2 aromatic heterocycles. The first-order valence-electron chi connectivity index (χ1n) is 11.8. The van der Waals surface area contributed by atoms with E-state index < -0.39 is 11.7 Å². The number of nitrogens with zero attached hydrogens (tertiary/aromatic N) is 4. The highest BCUT2D eigenvalue weighted by atomic mass is 16.5. The predicted octanol–water partition coefficient (Wildman–Crippen LogP) is 2.61. The monoisotopic (exact) mass is 497 g/mol. The first-order valence-corrected chi connectivity index (χ1v) is 11.8. The molecule has 1 aliphatic rings. The van der Waals surface area contributed by atoms with Crippen molar-refractivity contribution in [3.8, 4) is 5.75 Å². The topological polar surface area (TPSA) is 129 Å². The minimum absolute atomic E-state index is 0.229. The molecule has 1 fully saturated rings. The molecule has 0 saturated carbocycles. The van der Waals surface area contributed by atoms with Crippen LogP contribution in [0, 0.1) is 0 Å². The van der Waals surface area contributed by atoms with Gasteiger partial charge in [0.1, 0.15) is 17.4 Å². The average Bonchev–Trinajstić information content (AvgIpc) is 3.40. The van der Waals surface area contributed by atoms with Crippen LogP contribution in [0.25, 0.3) is 21.7 Å². The molecule has 0 unspecified atom stereocenters. The van der Waals surface area contributed by atoms with Crippen LogP contribution in [0.5, 0.6) is 5.75 Å². The number of pyridine rings is 1. The lowest BCUT2D eigenvalue weighted by Gasteiger charge is -2.35. The third-order valence-corrected chi connectivity index (χ3v) is 6.59. The van der Waals surface area contributed by atoms with Gasteiger partial charge >= 0.3 is 0 Å². The fraction of sp³-hybridized carbons (Fsp3) is 0.185. The molecule has 1 amide bonds. The third-order valence-electron chi connectivity index (χ3n) is 6.59. The number of anilines is 1. The van der Waals surface area contributed by atoms with Gasteiger partial charge in [0.2, 0.25) is 0 Å². The van der Waals surface area contributed by atoms with Crippen LogP contribution in [-0.2, 0) is 4.79 Å². The number of aliphatic imine (C=N–C) groups is 1. The molecule has 37 heavy (non-hydrogen) atoms. The van der Waals surface area contributed by atoms with Crippen LogP contribution in [0.2, 0.25) is 0 Å². The number of ether oxygens (including phenoxy) is 1. The van der Waals surface area contributed by atoms with Crippen molar-refractivity contribution in [3.63, 3.8) is 0 Å². The maximum atomic E-state index is 13.4. The molecule has 0 spiro atoms. The van der Waals surface area contributed by atoms with Gasteiger partial charge in [0.05, 0.1) is 23.6 Å². The van der Waals surface area contributed by atoms with E-state index in [1.807, 2.05) is 24.3 Å². The van der Waals surface area contributed by atoms with E-state index in [9.17, 15) is 9.59 Å². The Hall–Kier alpha value is -4.70. The summed E-state index contributed by atoms with van der Waals surface area (Å²) in [6.45, 7) is 5.58. The highest BCUT2D eigenvalue weighted by Gasteiger charge is 2.30. The number of hydrogen-bond donors (Lipinski definition) is 3.